The highest BCUT2D eigenvalue weighted by Crippen LogP contribution is 2.44. The van der Waals surface area contributed by atoms with Crippen LogP contribution in [-0.2, 0) is 0 Å². The Labute approximate surface area is 105 Å². The maximum absolute atomic E-state index is 9.59. The Kier molecular flexibility index (Phi) is 5.14. The normalized spacial score (nSPS) is 32.6. The lowest BCUT2D eigenvalue weighted by Gasteiger charge is -2.32. The molecule has 0 aliphatic heterocycles. The first-order valence-electron chi connectivity index (χ1n) is 6.45. The summed E-state index contributed by atoms with van der Waals surface area (Å²) < 4.78 is 0. The fraction of sp³-hybridized carbons (Fsp3) is 1.00. The lowest BCUT2D eigenvalue weighted by molar-refractivity contribution is 0.196. The van der Waals surface area contributed by atoms with Gasteiger partial charge in [0.2, 0.25) is 0 Å². The number of rotatable bonds is 5. The number of thioether (sulfide) groups is 1. The van der Waals surface area contributed by atoms with Crippen molar-refractivity contribution in [2.45, 2.75) is 70.1 Å². The van der Waals surface area contributed by atoms with Gasteiger partial charge in [-0.25, -0.2) is 0 Å². The third kappa shape index (κ3) is 3.38. The maximum Gasteiger partial charge on any atom is 0.0628 e. The van der Waals surface area contributed by atoms with E-state index in [-0.39, 0.29) is 6.10 Å². The van der Waals surface area contributed by atoms with Crippen LogP contribution in [0.25, 0.3) is 0 Å². The highest BCUT2D eigenvalue weighted by atomic mass is 32.2. The second-order valence-electron chi connectivity index (χ2n) is 5.68. The molecule has 0 aromatic rings. The zero-order valence-electron chi connectivity index (χ0n) is 11.3. The van der Waals surface area contributed by atoms with E-state index < -0.39 is 0 Å². The van der Waals surface area contributed by atoms with E-state index in [1.54, 1.807) is 0 Å². The molecule has 2 nitrogen and oxygen atoms in total. The van der Waals surface area contributed by atoms with Gasteiger partial charge >= 0.3 is 0 Å². The molecule has 3 heteroatoms. The van der Waals surface area contributed by atoms with E-state index in [2.05, 4.69) is 33.0 Å². The van der Waals surface area contributed by atoms with Crippen molar-refractivity contribution in [1.82, 2.24) is 5.32 Å². The molecule has 1 saturated carbocycles. The topological polar surface area (TPSA) is 32.3 Å². The van der Waals surface area contributed by atoms with Crippen molar-refractivity contribution in [1.29, 1.82) is 0 Å². The van der Waals surface area contributed by atoms with E-state index in [0.717, 1.165) is 6.54 Å². The first-order chi connectivity index (χ1) is 7.38. The van der Waals surface area contributed by atoms with Gasteiger partial charge in [0.15, 0.2) is 0 Å². The third-order valence-corrected chi connectivity index (χ3v) is 5.46. The Bertz CT molecular complexity index is 218. The molecule has 16 heavy (non-hydrogen) atoms. The van der Waals surface area contributed by atoms with Gasteiger partial charge < -0.3 is 10.4 Å². The largest absolute Gasteiger partial charge is 0.392 e. The molecule has 4 unspecified atom stereocenters. The Morgan fingerprint density at radius 3 is 2.56 bits per heavy atom. The van der Waals surface area contributed by atoms with E-state index in [9.17, 15) is 5.11 Å². The Hall–Kier alpha value is 0.270. The van der Waals surface area contributed by atoms with E-state index >= 15 is 0 Å². The zero-order valence-corrected chi connectivity index (χ0v) is 12.1. The van der Waals surface area contributed by atoms with Crippen molar-refractivity contribution < 1.29 is 5.11 Å². The molecule has 1 aliphatic rings. The molecule has 0 aromatic heterocycles. The molecular formula is C13H27NOS. The summed E-state index contributed by atoms with van der Waals surface area (Å²) in [5, 5.41) is 14.2. The van der Waals surface area contributed by atoms with Crippen molar-refractivity contribution in [2.24, 2.45) is 5.41 Å². The van der Waals surface area contributed by atoms with Crippen LogP contribution in [-0.4, -0.2) is 34.3 Å². The molecule has 0 spiro atoms. The smallest absolute Gasteiger partial charge is 0.0628 e. The van der Waals surface area contributed by atoms with Crippen molar-refractivity contribution >= 4 is 11.8 Å². The van der Waals surface area contributed by atoms with Gasteiger partial charge in [0, 0.05) is 16.5 Å². The van der Waals surface area contributed by atoms with Gasteiger partial charge in [-0.15, -0.1) is 0 Å². The summed E-state index contributed by atoms with van der Waals surface area (Å²) >= 11 is 1.95. The molecule has 0 saturated heterocycles. The quantitative estimate of drug-likeness (QED) is 0.781. The molecule has 0 amide bonds. The lowest BCUT2D eigenvalue weighted by atomic mass is 9.87. The average Bonchev–Trinajstić information content (AvgIpc) is 2.45. The van der Waals surface area contributed by atoms with Crippen LogP contribution in [0.2, 0.25) is 0 Å². The van der Waals surface area contributed by atoms with Crippen molar-refractivity contribution in [3.63, 3.8) is 0 Å². The monoisotopic (exact) mass is 245 g/mol. The maximum atomic E-state index is 9.59. The molecular weight excluding hydrogens is 218 g/mol. The van der Waals surface area contributed by atoms with Crippen LogP contribution in [0.15, 0.2) is 0 Å². The molecule has 2 N–H and O–H groups in total. The first kappa shape index (κ1) is 14.3. The lowest BCUT2D eigenvalue weighted by Crippen LogP contribution is -2.44. The second kappa shape index (κ2) is 5.74. The molecule has 0 bridgehead atoms. The van der Waals surface area contributed by atoms with E-state index in [0.29, 0.717) is 22.0 Å². The Balaban J connectivity index is 2.59. The summed E-state index contributed by atoms with van der Waals surface area (Å²) in [5.74, 6) is 0. The summed E-state index contributed by atoms with van der Waals surface area (Å²) in [4.78, 5) is 0. The number of nitrogens with one attached hydrogen (secondary N) is 1. The Morgan fingerprint density at radius 1 is 1.44 bits per heavy atom. The summed E-state index contributed by atoms with van der Waals surface area (Å²) in [5.41, 5.74) is 0.395. The third-order valence-electron chi connectivity index (χ3n) is 3.78. The van der Waals surface area contributed by atoms with Crippen molar-refractivity contribution in [3.8, 4) is 0 Å². The van der Waals surface area contributed by atoms with Crippen molar-refractivity contribution in [3.05, 3.63) is 0 Å². The molecule has 96 valence electrons. The minimum atomic E-state index is -0.212. The van der Waals surface area contributed by atoms with Crippen LogP contribution in [0, 0.1) is 5.41 Å². The van der Waals surface area contributed by atoms with Crippen LogP contribution in [0.3, 0.4) is 0 Å². The molecule has 1 fully saturated rings. The average molecular weight is 245 g/mol. The molecule has 0 radical (unpaired) electrons. The Morgan fingerprint density at radius 2 is 2.06 bits per heavy atom. The molecule has 1 rings (SSSR count). The van der Waals surface area contributed by atoms with Crippen LogP contribution in [0.4, 0.5) is 0 Å². The molecule has 4 atom stereocenters. The number of aliphatic hydroxyl groups is 1. The van der Waals surface area contributed by atoms with Crippen LogP contribution < -0.4 is 5.32 Å². The fourth-order valence-electron chi connectivity index (χ4n) is 2.50. The highest BCUT2D eigenvalue weighted by Gasteiger charge is 2.42. The summed E-state index contributed by atoms with van der Waals surface area (Å²) in [6.45, 7) is 11.9. The number of hydrogen-bond donors (Lipinski definition) is 2. The summed E-state index contributed by atoms with van der Waals surface area (Å²) in [7, 11) is 0. The SMILES string of the molecule is CCNC1C(SC(C)C(C)O)CCC1(C)C. The van der Waals surface area contributed by atoms with Gasteiger partial charge in [-0.2, -0.15) is 11.8 Å². The van der Waals surface area contributed by atoms with Crippen LogP contribution in [0.5, 0.6) is 0 Å². The number of hydrogen-bond acceptors (Lipinski definition) is 3. The molecule has 0 heterocycles. The standard InChI is InChI=1S/C13H27NOS/c1-6-14-12-11(7-8-13(12,4)5)16-10(3)9(2)15/h9-12,14-15H,6-8H2,1-5H3. The van der Waals surface area contributed by atoms with Gasteiger partial charge in [-0.3, -0.25) is 0 Å². The van der Waals surface area contributed by atoms with E-state index in [1.807, 2.05) is 18.7 Å². The van der Waals surface area contributed by atoms with Gasteiger partial charge in [0.25, 0.3) is 0 Å². The van der Waals surface area contributed by atoms with Gasteiger partial charge in [0.05, 0.1) is 6.10 Å². The van der Waals surface area contributed by atoms with Gasteiger partial charge in [-0.05, 0) is 31.7 Å². The summed E-state index contributed by atoms with van der Waals surface area (Å²) in [6.07, 6.45) is 2.34. The molecule has 1 aliphatic carbocycles. The van der Waals surface area contributed by atoms with Crippen LogP contribution in [0.1, 0.15) is 47.5 Å². The highest BCUT2D eigenvalue weighted by molar-refractivity contribution is 8.00. The zero-order chi connectivity index (χ0) is 12.3. The van der Waals surface area contributed by atoms with E-state index in [4.69, 9.17) is 0 Å². The second-order valence-corrected chi connectivity index (χ2v) is 7.30. The molecule has 0 aromatic carbocycles. The van der Waals surface area contributed by atoms with Crippen molar-refractivity contribution in [2.75, 3.05) is 6.54 Å². The predicted molar refractivity (Wildman–Crippen MR) is 73.0 cm³/mol. The number of aliphatic hydroxyl groups excluding tert-OH is 1. The minimum absolute atomic E-state index is 0.212. The van der Waals surface area contributed by atoms with E-state index in [1.165, 1.54) is 12.8 Å². The van der Waals surface area contributed by atoms with Gasteiger partial charge in [0.1, 0.15) is 0 Å². The predicted octanol–water partition coefficient (Wildman–Crippen LogP) is 2.66. The fourth-order valence-corrected chi connectivity index (χ4v) is 4.16. The van der Waals surface area contributed by atoms with Crippen LogP contribution >= 0.6 is 11.8 Å². The minimum Gasteiger partial charge on any atom is -0.392 e. The first-order valence-corrected chi connectivity index (χ1v) is 7.39. The summed E-state index contributed by atoms with van der Waals surface area (Å²) in [6, 6.07) is 0.587. The van der Waals surface area contributed by atoms with Gasteiger partial charge in [-0.1, -0.05) is 27.7 Å².